The molecule has 0 bridgehead atoms. The summed E-state index contributed by atoms with van der Waals surface area (Å²) in [7, 11) is 0. The largest absolute Gasteiger partial charge is 0.384 e. The van der Waals surface area contributed by atoms with Crippen LogP contribution < -0.4 is 0 Å². The highest BCUT2D eigenvalue weighted by Gasteiger charge is 2.16. The Labute approximate surface area is 99.0 Å². The molecule has 0 fully saturated rings. The van der Waals surface area contributed by atoms with Crippen molar-refractivity contribution in [1.29, 1.82) is 0 Å². The van der Waals surface area contributed by atoms with Crippen molar-refractivity contribution in [2.45, 2.75) is 30.2 Å². The molecular formula is C13H15BrO. The van der Waals surface area contributed by atoms with Gasteiger partial charge in [-0.1, -0.05) is 52.4 Å². The molecule has 2 atom stereocenters. The summed E-state index contributed by atoms with van der Waals surface area (Å²) in [5.41, 5.74) is 2.16. The zero-order chi connectivity index (χ0) is 10.7. The molecule has 1 N–H and O–H groups in total. The molecule has 0 saturated heterocycles. The molecule has 15 heavy (non-hydrogen) atoms. The Morgan fingerprint density at radius 3 is 2.93 bits per heavy atom. The molecule has 0 aromatic rings. The van der Waals surface area contributed by atoms with Crippen LogP contribution in [-0.4, -0.2) is 16.0 Å². The molecule has 0 aromatic carbocycles. The Morgan fingerprint density at radius 1 is 1.47 bits per heavy atom. The highest BCUT2D eigenvalue weighted by molar-refractivity contribution is 9.09. The fourth-order valence-electron chi connectivity index (χ4n) is 1.88. The monoisotopic (exact) mass is 266 g/mol. The first-order valence-corrected chi connectivity index (χ1v) is 6.25. The lowest BCUT2D eigenvalue weighted by atomic mass is 9.92. The Kier molecular flexibility index (Phi) is 3.60. The normalized spacial score (nSPS) is 27.2. The van der Waals surface area contributed by atoms with Crippen LogP contribution in [0.3, 0.4) is 0 Å². The van der Waals surface area contributed by atoms with Gasteiger partial charge in [0, 0.05) is 4.83 Å². The van der Waals surface area contributed by atoms with Crippen LogP contribution in [0, 0.1) is 0 Å². The quantitative estimate of drug-likeness (QED) is 0.761. The third-order valence-corrected chi connectivity index (χ3v) is 3.47. The standard InChI is InChI=1S/C13H15BrO/c14-12-8-6-11(7-9-12)13(15)10-4-2-1-3-5-10/h1-2,4,6-8,12-13,15H,3,5,9H2. The molecule has 2 heteroatoms. The van der Waals surface area contributed by atoms with Gasteiger partial charge in [-0.05, 0) is 30.4 Å². The molecule has 80 valence electrons. The van der Waals surface area contributed by atoms with Gasteiger partial charge < -0.3 is 5.11 Å². The SMILES string of the molecule is OC(C1=CCC(Br)C=C1)C1=CC=CCC1. The summed E-state index contributed by atoms with van der Waals surface area (Å²) in [6, 6.07) is 0. The maximum atomic E-state index is 10.1. The van der Waals surface area contributed by atoms with Crippen LogP contribution in [0.1, 0.15) is 19.3 Å². The number of hydrogen-bond acceptors (Lipinski definition) is 1. The molecular weight excluding hydrogens is 252 g/mol. The van der Waals surface area contributed by atoms with Gasteiger partial charge in [0.2, 0.25) is 0 Å². The van der Waals surface area contributed by atoms with Crippen molar-refractivity contribution in [3.8, 4) is 0 Å². The molecule has 2 aliphatic carbocycles. The molecule has 0 aromatic heterocycles. The van der Waals surface area contributed by atoms with E-state index in [-0.39, 0.29) is 0 Å². The fourth-order valence-corrected chi connectivity index (χ4v) is 2.22. The third kappa shape index (κ3) is 2.70. The zero-order valence-electron chi connectivity index (χ0n) is 8.57. The zero-order valence-corrected chi connectivity index (χ0v) is 10.2. The lowest BCUT2D eigenvalue weighted by Gasteiger charge is -2.20. The molecule has 2 aliphatic rings. The van der Waals surface area contributed by atoms with Crippen LogP contribution in [0.5, 0.6) is 0 Å². The van der Waals surface area contributed by atoms with Crippen LogP contribution in [0.25, 0.3) is 0 Å². The highest BCUT2D eigenvalue weighted by Crippen LogP contribution is 2.25. The number of aliphatic hydroxyl groups is 1. The van der Waals surface area contributed by atoms with Gasteiger partial charge in [-0.25, -0.2) is 0 Å². The maximum Gasteiger partial charge on any atom is 0.100 e. The summed E-state index contributed by atoms with van der Waals surface area (Å²) in [6.07, 6.45) is 15.0. The third-order valence-electron chi connectivity index (χ3n) is 2.79. The van der Waals surface area contributed by atoms with Crippen LogP contribution in [-0.2, 0) is 0 Å². The minimum absolute atomic E-state index is 0.411. The molecule has 0 saturated carbocycles. The number of aliphatic hydroxyl groups excluding tert-OH is 1. The van der Waals surface area contributed by atoms with E-state index in [2.05, 4.69) is 34.2 Å². The van der Waals surface area contributed by atoms with E-state index < -0.39 is 6.10 Å². The van der Waals surface area contributed by atoms with Crippen molar-refractivity contribution in [1.82, 2.24) is 0 Å². The van der Waals surface area contributed by atoms with Gasteiger partial charge in [-0.3, -0.25) is 0 Å². The fraction of sp³-hybridized carbons (Fsp3) is 0.385. The summed E-state index contributed by atoms with van der Waals surface area (Å²) >= 11 is 3.52. The van der Waals surface area contributed by atoms with Crippen molar-refractivity contribution in [2.75, 3.05) is 0 Å². The van der Waals surface area contributed by atoms with Gasteiger partial charge in [0.25, 0.3) is 0 Å². The van der Waals surface area contributed by atoms with Gasteiger partial charge in [-0.15, -0.1) is 0 Å². The average molecular weight is 267 g/mol. The van der Waals surface area contributed by atoms with E-state index in [1.54, 1.807) is 0 Å². The van der Waals surface area contributed by atoms with E-state index in [0.717, 1.165) is 30.4 Å². The second-order valence-electron chi connectivity index (χ2n) is 3.93. The molecule has 2 rings (SSSR count). The minimum Gasteiger partial charge on any atom is -0.384 e. The maximum absolute atomic E-state index is 10.1. The van der Waals surface area contributed by atoms with Crippen molar-refractivity contribution < 1.29 is 5.11 Å². The van der Waals surface area contributed by atoms with Gasteiger partial charge in [-0.2, -0.15) is 0 Å². The summed E-state index contributed by atoms with van der Waals surface area (Å²) in [5.74, 6) is 0. The second-order valence-corrected chi connectivity index (χ2v) is 5.10. The lowest BCUT2D eigenvalue weighted by molar-refractivity contribution is 0.245. The molecule has 0 aliphatic heterocycles. The van der Waals surface area contributed by atoms with E-state index >= 15 is 0 Å². The first kappa shape index (κ1) is 10.9. The predicted molar refractivity (Wildman–Crippen MR) is 67.0 cm³/mol. The molecule has 0 amide bonds. The van der Waals surface area contributed by atoms with Crippen LogP contribution in [0.15, 0.2) is 47.6 Å². The van der Waals surface area contributed by atoms with Crippen LogP contribution in [0.4, 0.5) is 0 Å². The first-order chi connectivity index (χ1) is 7.27. The summed E-state index contributed by atoms with van der Waals surface area (Å²) in [5, 5.41) is 10.1. The van der Waals surface area contributed by atoms with E-state index in [1.165, 1.54) is 0 Å². The molecule has 0 spiro atoms. The van der Waals surface area contributed by atoms with Crippen LogP contribution >= 0.6 is 15.9 Å². The summed E-state index contributed by atoms with van der Waals surface area (Å²) < 4.78 is 0. The Balaban J connectivity index is 2.08. The second kappa shape index (κ2) is 4.95. The predicted octanol–water partition coefficient (Wildman–Crippen LogP) is 3.27. The van der Waals surface area contributed by atoms with Crippen molar-refractivity contribution in [3.05, 3.63) is 47.6 Å². The number of hydrogen-bond donors (Lipinski definition) is 1. The van der Waals surface area contributed by atoms with E-state index in [1.807, 2.05) is 18.2 Å². The van der Waals surface area contributed by atoms with Gasteiger partial charge in [0.05, 0.1) is 0 Å². The smallest absolute Gasteiger partial charge is 0.100 e. The van der Waals surface area contributed by atoms with Crippen molar-refractivity contribution in [2.24, 2.45) is 0 Å². The molecule has 2 unspecified atom stereocenters. The average Bonchev–Trinajstić information content (AvgIpc) is 2.30. The molecule has 0 heterocycles. The van der Waals surface area contributed by atoms with Gasteiger partial charge >= 0.3 is 0 Å². The van der Waals surface area contributed by atoms with E-state index in [0.29, 0.717) is 4.83 Å². The Morgan fingerprint density at radius 2 is 2.33 bits per heavy atom. The van der Waals surface area contributed by atoms with Gasteiger partial charge in [0.1, 0.15) is 6.10 Å². The number of halogens is 1. The lowest BCUT2D eigenvalue weighted by Crippen LogP contribution is -2.15. The topological polar surface area (TPSA) is 20.2 Å². The van der Waals surface area contributed by atoms with Crippen LogP contribution in [0.2, 0.25) is 0 Å². The van der Waals surface area contributed by atoms with Crippen molar-refractivity contribution >= 4 is 15.9 Å². The number of allylic oxidation sites excluding steroid dienone is 5. The number of alkyl halides is 1. The summed E-state index contributed by atoms with van der Waals surface area (Å²) in [4.78, 5) is 0.425. The van der Waals surface area contributed by atoms with Gasteiger partial charge in [0.15, 0.2) is 0 Å². The minimum atomic E-state index is -0.411. The molecule has 1 nitrogen and oxygen atoms in total. The van der Waals surface area contributed by atoms with E-state index in [4.69, 9.17) is 0 Å². The van der Waals surface area contributed by atoms with Crippen molar-refractivity contribution in [3.63, 3.8) is 0 Å². The molecule has 0 radical (unpaired) electrons. The highest BCUT2D eigenvalue weighted by atomic mass is 79.9. The first-order valence-electron chi connectivity index (χ1n) is 5.33. The Bertz CT molecular complexity index is 350. The Hall–Kier alpha value is -0.600. The van der Waals surface area contributed by atoms with E-state index in [9.17, 15) is 5.11 Å². The number of rotatable bonds is 2. The summed E-state index contributed by atoms with van der Waals surface area (Å²) in [6.45, 7) is 0.